The van der Waals surface area contributed by atoms with Gasteiger partial charge >= 0.3 is 0 Å². The van der Waals surface area contributed by atoms with Crippen LogP contribution in [0.3, 0.4) is 0 Å². The molecule has 1 aliphatic heterocycles. The number of allylic oxidation sites excluding steroid dienone is 10. The van der Waals surface area contributed by atoms with Crippen LogP contribution < -0.4 is 10.2 Å². The van der Waals surface area contributed by atoms with Crippen molar-refractivity contribution in [3.05, 3.63) is 144 Å². The van der Waals surface area contributed by atoms with Crippen molar-refractivity contribution in [2.24, 2.45) is 0 Å². The van der Waals surface area contributed by atoms with Crippen LogP contribution in [0.4, 0.5) is 11.4 Å². The molecule has 2 saturated carbocycles. The molecule has 4 aromatic rings. The van der Waals surface area contributed by atoms with E-state index in [0.29, 0.717) is 0 Å². The van der Waals surface area contributed by atoms with Crippen molar-refractivity contribution in [1.29, 1.82) is 0 Å². The first-order chi connectivity index (χ1) is 25.2. The second-order valence-corrected chi connectivity index (χ2v) is 15.3. The van der Waals surface area contributed by atoms with Gasteiger partial charge in [-0.05, 0) is 95.8 Å². The highest BCUT2D eigenvalue weighted by Crippen LogP contribution is 2.57. The molecule has 2 nitrogen and oxygen atoms in total. The molecular weight excluding hydrogens is 617 g/mol. The Morgan fingerprint density at radius 3 is 1.90 bits per heavy atom. The lowest BCUT2D eigenvalue weighted by molar-refractivity contribution is 0.298. The minimum absolute atomic E-state index is 0.122. The predicted octanol–water partition coefficient (Wildman–Crippen LogP) is 13.6. The summed E-state index contributed by atoms with van der Waals surface area (Å²) in [6.45, 7) is 6.64. The molecule has 264 valence electrons. The van der Waals surface area contributed by atoms with Crippen LogP contribution >= 0.6 is 0 Å². The van der Waals surface area contributed by atoms with Crippen LogP contribution in [-0.2, 0) is 10.8 Å². The smallest absolute Gasteiger partial charge is 0.0457 e. The molecule has 0 aromatic heterocycles. The van der Waals surface area contributed by atoms with E-state index in [1.54, 1.807) is 11.1 Å². The molecule has 2 fully saturated rings. The minimum Gasteiger partial charge on any atom is -0.385 e. The Morgan fingerprint density at radius 2 is 1.22 bits per heavy atom. The van der Waals surface area contributed by atoms with Gasteiger partial charge in [0.2, 0.25) is 0 Å². The quantitative estimate of drug-likeness (QED) is 0.150. The van der Waals surface area contributed by atoms with Crippen LogP contribution in [-0.4, -0.2) is 13.1 Å². The SMILES string of the molecule is CCCNc1ccc2ccccc2c1C1(C/C=C/C=C/C=C/C=C/C=C2/N(CCC)c3ccc4ccccc4c3C23CCCCC3)CCCCC1. The highest BCUT2D eigenvalue weighted by Gasteiger charge is 2.48. The Hall–Kier alpha value is -4.30. The maximum absolute atomic E-state index is 3.81. The molecule has 7 rings (SSSR count). The Kier molecular flexibility index (Phi) is 11.3. The van der Waals surface area contributed by atoms with Gasteiger partial charge in [0.15, 0.2) is 0 Å². The van der Waals surface area contributed by atoms with E-state index in [9.17, 15) is 0 Å². The molecule has 0 bridgehead atoms. The Bertz CT molecular complexity index is 1940. The van der Waals surface area contributed by atoms with E-state index in [2.05, 4.69) is 152 Å². The van der Waals surface area contributed by atoms with Gasteiger partial charge in [-0.2, -0.15) is 0 Å². The van der Waals surface area contributed by atoms with Gasteiger partial charge in [-0.25, -0.2) is 0 Å². The number of nitrogens with one attached hydrogen (secondary N) is 1. The van der Waals surface area contributed by atoms with Crippen molar-refractivity contribution in [3.63, 3.8) is 0 Å². The van der Waals surface area contributed by atoms with E-state index in [0.717, 1.165) is 32.4 Å². The molecule has 3 aliphatic rings. The normalized spacial score (nSPS) is 19.6. The summed E-state index contributed by atoms with van der Waals surface area (Å²) in [6.07, 6.45) is 36.7. The fraction of sp³-hybridized carbons (Fsp3) is 0.388. The third kappa shape index (κ3) is 7.12. The minimum atomic E-state index is 0.122. The average Bonchev–Trinajstić information content (AvgIpc) is 3.42. The lowest BCUT2D eigenvalue weighted by Crippen LogP contribution is -2.33. The van der Waals surface area contributed by atoms with E-state index in [4.69, 9.17) is 0 Å². The molecule has 0 amide bonds. The van der Waals surface area contributed by atoms with Gasteiger partial charge in [0.1, 0.15) is 0 Å². The largest absolute Gasteiger partial charge is 0.385 e. The van der Waals surface area contributed by atoms with Crippen LogP contribution in [0.25, 0.3) is 21.5 Å². The zero-order chi connectivity index (χ0) is 34.9. The summed E-state index contributed by atoms with van der Waals surface area (Å²) in [5.41, 5.74) is 7.72. The van der Waals surface area contributed by atoms with Gasteiger partial charge in [-0.1, -0.05) is 162 Å². The molecule has 0 atom stereocenters. The van der Waals surface area contributed by atoms with E-state index in [-0.39, 0.29) is 10.8 Å². The fourth-order valence-corrected chi connectivity index (χ4v) is 9.75. The number of benzene rings is 4. The van der Waals surface area contributed by atoms with Crippen LogP contribution in [0, 0.1) is 0 Å². The molecule has 2 aliphatic carbocycles. The van der Waals surface area contributed by atoms with Gasteiger partial charge in [0.25, 0.3) is 0 Å². The van der Waals surface area contributed by atoms with Crippen LogP contribution in [0.15, 0.2) is 133 Å². The lowest BCUT2D eigenvalue weighted by Gasteiger charge is -2.39. The van der Waals surface area contributed by atoms with Gasteiger partial charge in [-0.15, -0.1) is 0 Å². The number of anilines is 2. The lowest BCUT2D eigenvalue weighted by atomic mass is 9.65. The number of hydrogen-bond donors (Lipinski definition) is 1. The van der Waals surface area contributed by atoms with Gasteiger partial charge in [0.05, 0.1) is 0 Å². The third-order valence-corrected chi connectivity index (χ3v) is 12.0. The molecule has 0 radical (unpaired) electrons. The molecule has 1 heterocycles. The van der Waals surface area contributed by atoms with E-state index >= 15 is 0 Å². The number of hydrogen-bond acceptors (Lipinski definition) is 2. The summed E-state index contributed by atoms with van der Waals surface area (Å²) >= 11 is 0. The Morgan fingerprint density at radius 1 is 0.608 bits per heavy atom. The van der Waals surface area contributed by atoms with E-state index in [1.807, 2.05) is 0 Å². The van der Waals surface area contributed by atoms with E-state index in [1.165, 1.54) is 103 Å². The van der Waals surface area contributed by atoms with Crippen molar-refractivity contribution >= 4 is 32.9 Å². The summed E-state index contributed by atoms with van der Waals surface area (Å²) in [7, 11) is 0. The summed E-state index contributed by atoms with van der Waals surface area (Å²) in [6, 6.07) is 27.4. The fourth-order valence-electron chi connectivity index (χ4n) is 9.75. The molecular formula is C49H58N2. The standard InChI is InChI=1S/C49H58N2/c1-3-37-50-43-30-28-39-23-14-16-25-41(39)46(43)48(33-19-11-20-34-48)32-18-10-8-6-5-7-9-13-27-45-49(35-21-12-22-36-49)47-42-26-17-15-24-40(42)29-31-44(47)51(45)38-4-2/h5-10,13-18,23-31,50H,3-4,11-12,19-22,32-38H2,1-2H3/b7-5+,8-6+,13-9+,18-10+,45-27+. The van der Waals surface area contributed by atoms with Crippen molar-refractivity contribution in [1.82, 2.24) is 0 Å². The van der Waals surface area contributed by atoms with Crippen LogP contribution in [0.1, 0.15) is 108 Å². The maximum atomic E-state index is 3.81. The van der Waals surface area contributed by atoms with E-state index < -0.39 is 0 Å². The van der Waals surface area contributed by atoms with Crippen LogP contribution in [0.5, 0.6) is 0 Å². The number of rotatable bonds is 12. The first kappa shape index (κ1) is 35.1. The van der Waals surface area contributed by atoms with Gasteiger partial charge in [0, 0.05) is 41.0 Å². The summed E-state index contributed by atoms with van der Waals surface area (Å²) in [5.74, 6) is 0. The highest BCUT2D eigenvalue weighted by atomic mass is 15.2. The first-order valence-electron chi connectivity index (χ1n) is 20.1. The molecule has 1 N–H and O–H groups in total. The summed E-state index contributed by atoms with van der Waals surface area (Å²) < 4.78 is 0. The molecule has 0 saturated heterocycles. The molecule has 2 heteroatoms. The zero-order valence-electron chi connectivity index (χ0n) is 31.2. The van der Waals surface area contributed by atoms with Gasteiger partial charge in [-0.3, -0.25) is 0 Å². The zero-order valence-corrected chi connectivity index (χ0v) is 31.2. The molecule has 4 aromatic carbocycles. The molecule has 51 heavy (non-hydrogen) atoms. The van der Waals surface area contributed by atoms with Crippen molar-refractivity contribution in [2.45, 2.75) is 108 Å². The monoisotopic (exact) mass is 674 g/mol. The number of fused-ring (bicyclic) bond motifs is 5. The third-order valence-electron chi connectivity index (χ3n) is 12.0. The highest BCUT2D eigenvalue weighted by molar-refractivity contribution is 5.95. The second-order valence-electron chi connectivity index (χ2n) is 15.3. The molecule has 1 spiro atoms. The predicted molar refractivity (Wildman–Crippen MR) is 223 cm³/mol. The topological polar surface area (TPSA) is 15.3 Å². The molecule has 0 unspecified atom stereocenters. The first-order valence-corrected chi connectivity index (χ1v) is 20.1. The Balaban J connectivity index is 1.07. The summed E-state index contributed by atoms with van der Waals surface area (Å²) in [4.78, 5) is 2.64. The van der Waals surface area contributed by atoms with Crippen LogP contribution in [0.2, 0.25) is 0 Å². The van der Waals surface area contributed by atoms with Crippen molar-refractivity contribution in [3.8, 4) is 0 Å². The number of nitrogens with zero attached hydrogens (tertiary/aromatic N) is 1. The van der Waals surface area contributed by atoms with Crippen molar-refractivity contribution < 1.29 is 0 Å². The summed E-state index contributed by atoms with van der Waals surface area (Å²) in [5, 5.41) is 9.41. The Labute approximate surface area is 307 Å². The maximum Gasteiger partial charge on any atom is 0.0457 e. The van der Waals surface area contributed by atoms with Crippen molar-refractivity contribution in [2.75, 3.05) is 23.3 Å². The van der Waals surface area contributed by atoms with Gasteiger partial charge < -0.3 is 10.2 Å². The average molecular weight is 675 g/mol. The second kappa shape index (κ2) is 16.4.